The number of hydrogen-bond acceptors (Lipinski definition) is 8. The molecule has 9 heteroatoms. The molecule has 0 fully saturated rings. The van der Waals surface area contributed by atoms with E-state index in [4.69, 9.17) is 4.74 Å². The lowest BCUT2D eigenvalue weighted by atomic mass is 10.2. The summed E-state index contributed by atoms with van der Waals surface area (Å²) in [5.41, 5.74) is 0. The van der Waals surface area contributed by atoms with Crippen molar-refractivity contribution in [3.63, 3.8) is 0 Å². The highest BCUT2D eigenvalue weighted by molar-refractivity contribution is 5.38. The van der Waals surface area contributed by atoms with Crippen LogP contribution in [0.25, 0.3) is 5.95 Å². The molecule has 1 unspecified atom stereocenters. The van der Waals surface area contributed by atoms with E-state index in [1.165, 1.54) is 11.0 Å². The van der Waals surface area contributed by atoms with E-state index < -0.39 is 0 Å². The lowest BCUT2D eigenvalue weighted by Gasteiger charge is -2.14. The monoisotopic (exact) mass is 292 g/mol. The first-order valence-corrected chi connectivity index (χ1v) is 6.83. The average molecular weight is 292 g/mol. The molecular formula is C12H20N8O. The second-order valence-corrected chi connectivity index (χ2v) is 4.48. The standard InChI is InChI=1S/C12H20N8O/c1-4-14-10-17-11(16-9(2)5-6-21-3)19-12(18-10)20-8-13-7-15-20/h7-9H,4-6H2,1-3H3,(H2,14,16,17,18,19). The molecular weight excluding hydrogens is 272 g/mol. The van der Waals surface area contributed by atoms with Gasteiger partial charge in [0.2, 0.25) is 11.9 Å². The van der Waals surface area contributed by atoms with Crippen LogP contribution in [0.1, 0.15) is 20.3 Å². The average Bonchev–Trinajstić information content (AvgIpc) is 2.99. The molecule has 0 aliphatic rings. The van der Waals surface area contributed by atoms with Crippen LogP contribution in [0.2, 0.25) is 0 Å². The third-order valence-corrected chi connectivity index (χ3v) is 2.71. The smallest absolute Gasteiger partial charge is 0.258 e. The van der Waals surface area contributed by atoms with E-state index in [0.717, 1.165) is 13.0 Å². The van der Waals surface area contributed by atoms with Gasteiger partial charge in [-0.25, -0.2) is 4.98 Å². The summed E-state index contributed by atoms with van der Waals surface area (Å²) in [6.07, 6.45) is 3.84. The van der Waals surface area contributed by atoms with E-state index in [-0.39, 0.29) is 6.04 Å². The van der Waals surface area contributed by atoms with Crippen molar-refractivity contribution in [3.8, 4) is 5.95 Å². The predicted octanol–water partition coefficient (Wildman–Crippen LogP) is 0.721. The summed E-state index contributed by atoms with van der Waals surface area (Å²) < 4.78 is 6.56. The summed E-state index contributed by atoms with van der Waals surface area (Å²) in [4.78, 5) is 16.9. The van der Waals surface area contributed by atoms with Gasteiger partial charge in [0.05, 0.1) is 0 Å². The quantitative estimate of drug-likeness (QED) is 0.733. The van der Waals surface area contributed by atoms with Gasteiger partial charge in [0.25, 0.3) is 5.95 Å². The second kappa shape index (κ2) is 7.48. The maximum absolute atomic E-state index is 5.07. The van der Waals surface area contributed by atoms with Gasteiger partial charge in [-0.1, -0.05) is 0 Å². The summed E-state index contributed by atoms with van der Waals surface area (Å²) in [5, 5.41) is 10.3. The van der Waals surface area contributed by atoms with Crippen molar-refractivity contribution in [1.82, 2.24) is 29.7 Å². The molecule has 0 aromatic carbocycles. The Morgan fingerprint density at radius 3 is 2.76 bits per heavy atom. The molecule has 0 spiro atoms. The van der Waals surface area contributed by atoms with Gasteiger partial charge in [-0.05, 0) is 20.3 Å². The Kier molecular flexibility index (Phi) is 5.38. The number of aromatic nitrogens is 6. The molecule has 2 aromatic heterocycles. The molecule has 2 aromatic rings. The second-order valence-electron chi connectivity index (χ2n) is 4.48. The van der Waals surface area contributed by atoms with Gasteiger partial charge in [-0.2, -0.15) is 24.7 Å². The molecule has 114 valence electrons. The lowest BCUT2D eigenvalue weighted by molar-refractivity contribution is 0.191. The highest BCUT2D eigenvalue weighted by atomic mass is 16.5. The van der Waals surface area contributed by atoms with Crippen molar-refractivity contribution in [1.29, 1.82) is 0 Å². The van der Waals surface area contributed by atoms with Crippen molar-refractivity contribution in [3.05, 3.63) is 12.7 Å². The van der Waals surface area contributed by atoms with Crippen LogP contribution in [0.15, 0.2) is 12.7 Å². The Balaban J connectivity index is 2.19. The first kappa shape index (κ1) is 15.1. The predicted molar refractivity (Wildman–Crippen MR) is 78.5 cm³/mol. The number of anilines is 2. The fourth-order valence-electron chi connectivity index (χ4n) is 1.67. The maximum Gasteiger partial charge on any atom is 0.258 e. The molecule has 2 rings (SSSR count). The van der Waals surface area contributed by atoms with Crippen LogP contribution in [0, 0.1) is 0 Å². The molecule has 1 atom stereocenters. The van der Waals surface area contributed by atoms with Gasteiger partial charge in [0.1, 0.15) is 12.7 Å². The first-order valence-electron chi connectivity index (χ1n) is 6.83. The van der Waals surface area contributed by atoms with Crippen LogP contribution in [0.5, 0.6) is 0 Å². The molecule has 9 nitrogen and oxygen atoms in total. The SMILES string of the molecule is CCNc1nc(NC(C)CCOC)nc(-n2cncn2)n1. The maximum atomic E-state index is 5.07. The Bertz CT molecular complexity index is 544. The summed E-state index contributed by atoms with van der Waals surface area (Å²) in [5.74, 6) is 1.41. The van der Waals surface area contributed by atoms with Crippen molar-refractivity contribution >= 4 is 11.9 Å². The lowest BCUT2D eigenvalue weighted by Crippen LogP contribution is -2.20. The zero-order chi connectivity index (χ0) is 15.1. The number of nitrogens with zero attached hydrogens (tertiary/aromatic N) is 6. The van der Waals surface area contributed by atoms with Crippen molar-refractivity contribution in [2.75, 3.05) is 30.9 Å². The van der Waals surface area contributed by atoms with Crippen LogP contribution in [0.3, 0.4) is 0 Å². The molecule has 0 saturated carbocycles. The minimum absolute atomic E-state index is 0.186. The van der Waals surface area contributed by atoms with Crippen LogP contribution in [-0.2, 0) is 4.74 Å². The van der Waals surface area contributed by atoms with Gasteiger partial charge in [0.15, 0.2) is 0 Å². The zero-order valence-electron chi connectivity index (χ0n) is 12.4. The third kappa shape index (κ3) is 4.35. The van der Waals surface area contributed by atoms with E-state index in [1.54, 1.807) is 13.4 Å². The van der Waals surface area contributed by atoms with E-state index >= 15 is 0 Å². The van der Waals surface area contributed by atoms with Gasteiger partial charge in [-0.15, -0.1) is 0 Å². The first-order chi connectivity index (χ1) is 10.2. The van der Waals surface area contributed by atoms with Crippen molar-refractivity contribution in [2.24, 2.45) is 0 Å². The number of ether oxygens (including phenoxy) is 1. The Labute approximate surface area is 123 Å². The molecule has 0 bridgehead atoms. The third-order valence-electron chi connectivity index (χ3n) is 2.71. The van der Waals surface area contributed by atoms with Gasteiger partial charge >= 0.3 is 0 Å². The molecule has 0 aliphatic heterocycles. The fourth-order valence-corrected chi connectivity index (χ4v) is 1.67. The topological polar surface area (TPSA) is 103 Å². The Morgan fingerprint density at radius 1 is 1.29 bits per heavy atom. The highest BCUT2D eigenvalue weighted by Crippen LogP contribution is 2.10. The Morgan fingerprint density at radius 2 is 2.10 bits per heavy atom. The van der Waals surface area contributed by atoms with Gasteiger partial charge in [0, 0.05) is 26.3 Å². The number of methoxy groups -OCH3 is 1. The summed E-state index contributed by atoms with van der Waals surface area (Å²) in [6.45, 7) is 5.42. The van der Waals surface area contributed by atoms with Crippen LogP contribution in [0.4, 0.5) is 11.9 Å². The summed E-state index contributed by atoms with van der Waals surface area (Å²) in [6, 6.07) is 0.186. The molecule has 0 saturated heterocycles. The number of nitrogens with one attached hydrogen (secondary N) is 2. The Hall–Kier alpha value is -2.29. The van der Waals surface area contributed by atoms with Crippen LogP contribution >= 0.6 is 0 Å². The largest absolute Gasteiger partial charge is 0.385 e. The van der Waals surface area contributed by atoms with Crippen LogP contribution < -0.4 is 10.6 Å². The van der Waals surface area contributed by atoms with E-state index in [9.17, 15) is 0 Å². The number of hydrogen-bond donors (Lipinski definition) is 2. The minimum Gasteiger partial charge on any atom is -0.385 e. The molecule has 0 aliphatic carbocycles. The van der Waals surface area contributed by atoms with Gasteiger partial charge in [-0.3, -0.25) is 0 Å². The molecule has 0 amide bonds. The molecule has 2 heterocycles. The van der Waals surface area contributed by atoms with Crippen LogP contribution in [-0.4, -0.2) is 56.0 Å². The number of rotatable bonds is 8. The molecule has 2 N–H and O–H groups in total. The highest BCUT2D eigenvalue weighted by Gasteiger charge is 2.10. The fraction of sp³-hybridized carbons (Fsp3) is 0.583. The summed E-state index contributed by atoms with van der Waals surface area (Å²) >= 11 is 0. The van der Waals surface area contributed by atoms with Gasteiger partial charge < -0.3 is 15.4 Å². The minimum atomic E-state index is 0.186. The molecule has 0 radical (unpaired) electrons. The van der Waals surface area contributed by atoms with Crippen molar-refractivity contribution in [2.45, 2.75) is 26.3 Å². The van der Waals surface area contributed by atoms with E-state index in [1.807, 2.05) is 13.8 Å². The van der Waals surface area contributed by atoms with E-state index in [2.05, 4.69) is 35.7 Å². The molecule has 21 heavy (non-hydrogen) atoms. The van der Waals surface area contributed by atoms with Crippen molar-refractivity contribution < 1.29 is 4.74 Å². The zero-order valence-corrected chi connectivity index (χ0v) is 12.4. The van der Waals surface area contributed by atoms with E-state index in [0.29, 0.717) is 24.5 Å². The normalized spacial score (nSPS) is 12.1. The summed E-state index contributed by atoms with van der Waals surface area (Å²) in [7, 11) is 1.68.